The van der Waals surface area contributed by atoms with E-state index in [9.17, 15) is 17.6 Å². The molecule has 1 saturated heterocycles. The van der Waals surface area contributed by atoms with Gasteiger partial charge >= 0.3 is 0 Å². The molecule has 2 aromatic rings. The topological polar surface area (TPSA) is 66.5 Å². The van der Waals surface area contributed by atoms with E-state index in [1.54, 1.807) is 24.3 Å². The second kappa shape index (κ2) is 6.93. The molecule has 1 fully saturated rings. The number of sulfonamides is 1. The number of halogens is 1. The summed E-state index contributed by atoms with van der Waals surface area (Å²) in [5.74, 6) is -0.851. The van der Waals surface area contributed by atoms with E-state index in [-0.39, 0.29) is 18.0 Å². The van der Waals surface area contributed by atoms with Crippen LogP contribution in [0, 0.1) is 5.82 Å². The molecule has 0 aromatic heterocycles. The van der Waals surface area contributed by atoms with E-state index in [2.05, 4.69) is 5.32 Å². The fourth-order valence-electron chi connectivity index (χ4n) is 2.90. The fraction of sp³-hybridized carbons (Fsp3) is 0.278. The second-order valence-corrected chi connectivity index (χ2v) is 7.75. The van der Waals surface area contributed by atoms with Crippen LogP contribution in [0.4, 0.5) is 4.39 Å². The van der Waals surface area contributed by atoms with Gasteiger partial charge in [0.15, 0.2) is 0 Å². The Hall–Kier alpha value is -2.25. The molecule has 7 heteroatoms. The third kappa shape index (κ3) is 3.43. The number of carbonyl (C=O) groups excluding carboxylic acids is 1. The quantitative estimate of drug-likeness (QED) is 0.907. The normalized spacial score (nSPS) is 18.8. The molecule has 1 unspecified atom stereocenters. The van der Waals surface area contributed by atoms with Gasteiger partial charge in [0.25, 0.3) is 0 Å². The van der Waals surface area contributed by atoms with Crippen LogP contribution in [0.15, 0.2) is 53.4 Å². The van der Waals surface area contributed by atoms with Gasteiger partial charge in [0, 0.05) is 13.1 Å². The van der Waals surface area contributed by atoms with Crippen LogP contribution in [0.3, 0.4) is 0 Å². The lowest BCUT2D eigenvalue weighted by molar-refractivity contribution is -0.126. The summed E-state index contributed by atoms with van der Waals surface area (Å²) in [7, 11) is -3.85. The number of amides is 1. The Morgan fingerprint density at radius 1 is 1.12 bits per heavy atom. The number of benzene rings is 2. The van der Waals surface area contributed by atoms with Gasteiger partial charge in [-0.2, -0.15) is 4.31 Å². The van der Waals surface area contributed by atoms with Gasteiger partial charge in [-0.1, -0.05) is 31.2 Å². The Balaban J connectivity index is 2.01. The molecule has 0 spiro atoms. The van der Waals surface area contributed by atoms with Gasteiger partial charge in [-0.3, -0.25) is 4.79 Å². The van der Waals surface area contributed by atoms with Crippen molar-refractivity contribution >= 4 is 15.9 Å². The van der Waals surface area contributed by atoms with Crippen LogP contribution in [0.25, 0.3) is 0 Å². The molecule has 1 aliphatic heterocycles. The predicted molar refractivity (Wildman–Crippen MR) is 91.9 cm³/mol. The highest BCUT2D eigenvalue weighted by molar-refractivity contribution is 7.89. The average molecular weight is 362 g/mol. The highest BCUT2D eigenvalue weighted by atomic mass is 32.2. The maximum atomic E-state index is 13.2. The fourth-order valence-corrected chi connectivity index (χ4v) is 4.48. The third-order valence-corrected chi connectivity index (χ3v) is 6.17. The van der Waals surface area contributed by atoms with Gasteiger partial charge in [-0.05, 0) is 41.8 Å². The number of hydrogen-bond donors (Lipinski definition) is 1. The van der Waals surface area contributed by atoms with Crippen molar-refractivity contribution in [2.75, 3.05) is 13.1 Å². The Bertz CT molecular complexity index is 864. The van der Waals surface area contributed by atoms with E-state index in [1.165, 1.54) is 28.6 Å². The largest absolute Gasteiger partial charge is 0.353 e. The zero-order valence-corrected chi connectivity index (χ0v) is 14.6. The van der Waals surface area contributed by atoms with Crippen LogP contribution in [0.5, 0.6) is 0 Å². The lowest BCUT2D eigenvalue weighted by Gasteiger charge is -2.34. The summed E-state index contributed by atoms with van der Waals surface area (Å²) in [5.41, 5.74) is 1.47. The molecule has 1 N–H and O–H groups in total. The van der Waals surface area contributed by atoms with E-state index in [1.807, 2.05) is 6.92 Å². The molecule has 25 heavy (non-hydrogen) atoms. The molecular weight excluding hydrogens is 343 g/mol. The first kappa shape index (κ1) is 17.6. The molecule has 1 amide bonds. The molecule has 5 nitrogen and oxygen atoms in total. The predicted octanol–water partition coefficient (Wildman–Crippen LogP) is 2.25. The number of carbonyl (C=O) groups is 1. The first-order chi connectivity index (χ1) is 11.9. The Kier molecular flexibility index (Phi) is 4.87. The number of hydrogen-bond acceptors (Lipinski definition) is 3. The maximum absolute atomic E-state index is 13.2. The summed E-state index contributed by atoms with van der Waals surface area (Å²) in [6.07, 6.45) is 0.810. The smallest absolute Gasteiger partial charge is 0.244 e. The van der Waals surface area contributed by atoms with Crippen LogP contribution in [0.1, 0.15) is 24.1 Å². The van der Waals surface area contributed by atoms with E-state index >= 15 is 0 Å². The molecule has 132 valence electrons. The summed E-state index contributed by atoms with van der Waals surface area (Å²) < 4.78 is 40.5. The van der Waals surface area contributed by atoms with Gasteiger partial charge in [-0.15, -0.1) is 0 Å². The minimum Gasteiger partial charge on any atom is -0.353 e. The summed E-state index contributed by atoms with van der Waals surface area (Å²) in [6.45, 7) is 2.39. The van der Waals surface area contributed by atoms with Crippen LogP contribution < -0.4 is 5.32 Å². The first-order valence-electron chi connectivity index (χ1n) is 8.07. The lowest BCUT2D eigenvalue weighted by atomic mass is 10.0. The van der Waals surface area contributed by atoms with Crippen molar-refractivity contribution in [1.29, 1.82) is 0 Å². The van der Waals surface area contributed by atoms with E-state index in [0.29, 0.717) is 5.56 Å². The molecule has 0 radical (unpaired) electrons. The van der Waals surface area contributed by atoms with Gasteiger partial charge < -0.3 is 5.32 Å². The van der Waals surface area contributed by atoms with Gasteiger partial charge in [-0.25, -0.2) is 12.8 Å². The van der Waals surface area contributed by atoms with Crippen LogP contribution in [0.2, 0.25) is 0 Å². The summed E-state index contributed by atoms with van der Waals surface area (Å²) >= 11 is 0. The molecular formula is C18H19FN2O3S. The number of rotatable bonds is 4. The SMILES string of the molecule is CCc1ccc(S(=O)(=O)N2CCNC(=O)C2c2ccc(F)cc2)cc1. The molecule has 0 aliphatic carbocycles. The summed E-state index contributed by atoms with van der Waals surface area (Å²) in [4.78, 5) is 12.5. The van der Waals surface area contributed by atoms with E-state index in [0.717, 1.165) is 12.0 Å². The number of nitrogens with one attached hydrogen (secondary N) is 1. The van der Waals surface area contributed by atoms with Crippen molar-refractivity contribution in [3.63, 3.8) is 0 Å². The second-order valence-electron chi connectivity index (χ2n) is 5.86. The highest BCUT2D eigenvalue weighted by Gasteiger charge is 2.39. The zero-order valence-electron chi connectivity index (χ0n) is 13.8. The summed E-state index contributed by atoms with van der Waals surface area (Å²) in [5, 5.41) is 2.68. The van der Waals surface area contributed by atoms with E-state index < -0.39 is 27.8 Å². The van der Waals surface area contributed by atoms with E-state index in [4.69, 9.17) is 0 Å². The van der Waals surface area contributed by atoms with Gasteiger partial charge in [0.05, 0.1) is 4.90 Å². The molecule has 0 saturated carbocycles. The Labute approximate surface area is 146 Å². The van der Waals surface area contributed by atoms with Gasteiger partial charge in [0.1, 0.15) is 11.9 Å². The molecule has 1 heterocycles. The molecule has 1 aliphatic rings. The van der Waals surface area contributed by atoms with Crippen molar-refractivity contribution in [3.05, 3.63) is 65.5 Å². The zero-order chi connectivity index (χ0) is 18.0. The van der Waals surface area contributed by atoms with Crippen molar-refractivity contribution < 1.29 is 17.6 Å². The number of aryl methyl sites for hydroxylation is 1. The van der Waals surface area contributed by atoms with Crippen molar-refractivity contribution in [3.8, 4) is 0 Å². The van der Waals surface area contributed by atoms with Crippen molar-refractivity contribution in [2.45, 2.75) is 24.3 Å². The highest BCUT2D eigenvalue weighted by Crippen LogP contribution is 2.30. The molecule has 0 bridgehead atoms. The third-order valence-electron chi connectivity index (χ3n) is 4.29. The molecule has 2 aromatic carbocycles. The monoisotopic (exact) mass is 362 g/mol. The number of piperazine rings is 1. The lowest BCUT2D eigenvalue weighted by Crippen LogP contribution is -2.52. The van der Waals surface area contributed by atoms with Crippen molar-refractivity contribution in [2.24, 2.45) is 0 Å². The maximum Gasteiger partial charge on any atom is 0.244 e. The first-order valence-corrected chi connectivity index (χ1v) is 9.51. The van der Waals surface area contributed by atoms with Crippen LogP contribution >= 0.6 is 0 Å². The molecule has 3 rings (SSSR count). The Morgan fingerprint density at radius 2 is 1.76 bits per heavy atom. The molecule has 1 atom stereocenters. The van der Waals surface area contributed by atoms with Crippen LogP contribution in [-0.4, -0.2) is 31.7 Å². The average Bonchev–Trinajstić information content (AvgIpc) is 2.62. The Morgan fingerprint density at radius 3 is 2.36 bits per heavy atom. The van der Waals surface area contributed by atoms with Crippen LogP contribution in [-0.2, 0) is 21.2 Å². The van der Waals surface area contributed by atoms with Gasteiger partial charge in [0.2, 0.25) is 15.9 Å². The summed E-state index contributed by atoms with van der Waals surface area (Å²) in [6, 6.07) is 11.0. The van der Waals surface area contributed by atoms with Crippen molar-refractivity contribution in [1.82, 2.24) is 9.62 Å². The number of nitrogens with zero attached hydrogens (tertiary/aromatic N) is 1. The standard InChI is InChI=1S/C18H19FN2O3S/c1-2-13-3-9-16(10-4-13)25(23,24)21-12-11-20-18(22)17(21)14-5-7-15(19)8-6-14/h3-10,17H,2,11-12H2,1H3,(H,20,22). The minimum absolute atomic E-state index is 0.145. The minimum atomic E-state index is -3.85.